The lowest BCUT2D eigenvalue weighted by Crippen LogP contribution is -1.77. The molecule has 0 aromatic carbocycles. The van der Waals surface area contributed by atoms with Gasteiger partial charge in [-0.2, -0.15) is 0 Å². The monoisotopic (exact) mass is 199 g/mol. The minimum Gasteiger partial charge on any atom is -0.244 e. The van der Waals surface area contributed by atoms with E-state index in [1.807, 2.05) is 6.07 Å². The third-order valence-corrected chi connectivity index (χ3v) is 1.57. The molecule has 0 N–H and O–H groups in total. The van der Waals surface area contributed by atoms with Gasteiger partial charge in [0.05, 0.1) is 0 Å². The third-order valence-electron chi connectivity index (χ3n) is 1.18. The van der Waals surface area contributed by atoms with Crippen molar-refractivity contribution in [3.8, 4) is 11.8 Å². The molecule has 0 radical (unpaired) electrons. The summed E-state index contributed by atoms with van der Waals surface area (Å²) in [6, 6.07) is 3.54. The molecule has 1 aromatic rings. The van der Waals surface area contributed by atoms with Crippen LogP contribution in [0.1, 0.15) is 12.0 Å². The summed E-state index contributed by atoms with van der Waals surface area (Å²) in [5, 5.41) is 0.465. The SMILES string of the molecule is ClCCC#Cc1ccnc(Cl)c1. The van der Waals surface area contributed by atoms with Gasteiger partial charge in [-0.25, -0.2) is 4.98 Å². The van der Waals surface area contributed by atoms with Gasteiger partial charge in [0.25, 0.3) is 0 Å². The highest BCUT2D eigenvalue weighted by atomic mass is 35.5. The Bertz CT molecular complexity index is 312. The maximum absolute atomic E-state index is 5.65. The van der Waals surface area contributed by atoms with Crippen molar-refractivity contribution in [1.29, 1.82) is 0 Å². The predicted molar refractivity (Wildman–Crippen MR) is 51.5 cm³/mol. The first-order valence-corrected chi connectivity index (χ1v) is 4.40. The van der Waals surface area contributed by atoms with E-state index in [4.69, 9.17) is 23.2 Å². The van der Waals surface area contributed by atoms with Crippen LogP contribution in [-0.4, -0.2) is 10.9 Å². The Hall–Kier alpha value is -0.710. The second kappa shape index (κ2) is 5.03. The number of pyridine rings is 1. The summed E-state index contributed by atoms with van der Waals surface area (Å²) in [7, 11) is 0. The summed E-state index contributed by atoms with van der Waals surface area (Å²) in [4.78, 5) is 3.84. The maximum Gasteiger partial charge on any atom is 0.130 e. The summed E-state index contributed by atoms with van der Waals surface area (Å²) in [5.41, 5.74) is 0.875. The van der Waals surface area contributed by atoms with E-state index in [2.05, 4.69) is 16.8 Å². The van der Waals surface area contributed by atoms with Gasteiger partial charge in [-0.05, 0) is 12.1 Å². The highest BCUT2D eigenvalue weighted by Crippen LogP contribution is 2.05. The van der Waals surface area contributed by atoms with Crippen LogP contribution in [0, 0.1) is 11.8 Å². The van der Waals surface area contributed by atoms with Crippen LogP contribution in [0.2, 0.25) is 5.15 Å². The maximum atomic E-state index is 5.65. The summed E-state index contributed by atoms with van der Waals surface area (Å²) in [6.07, 6.45) is 2.33. The van der Waals surface area contributed by atoms with E-state index in [1.165, 1.54) is 0 Å². The highest BCUT2D eigenvalue weighted by molar-refractivity contribution is 6.29. The molecule has 0 saturated carbocycles. The van der Waals surface area contributed by atoms with Gasteiger partial charge in [0, 0.05) is 24.1 Å². The van der Waals surface area contributed by atoms with Crippen LogP contribution in [0.15, 0.2) is 18.3 Å². The van der Waals surface area contributed by atoms with Gasteiger partial charge < -0.3 is 0 Å². The van der Waals surface area contributed by atoms with Crippen LogP contribution >= 0.6 is 23.2 Å². The van der Waals surface area contributed by atoms with Crippen LogP contribution < -0.4 is 0 Å². The lowest BCUT2D eigenvalue weighted by molar-refractivity contribution is 1.28. The van der Waals surface area contributed by atoms with Crippen LogP contribution in [-0.2, 0) is 0 Å². The molecule has 1 rings (SSSR count). The Morgan fingerprint density at radius 1 is 1.50 bits per heavy atom. The third kappa shape index (κ3) is 3.13. The van der Waals surface area contributed by atoms with Gasteiger partial charge in [-0.1, -0.05) is 23.4 Å². The van der Waals surface area contributed by atoms with Gasteiger partial charge >= 0.3 is 0 Å². The second-order valence-corrected chi connectivity index (χ2v) is 2.87. The van der Waals surface area contributed by atoms with Gasteiger partial charge in [0.15, 0.2) is 0 Å². The molecule has 0 atom stereocenters. The molecular formula is C9H7Cl2N. The Morgan fingerprint density at radius 2 is 2.33 bits per heavy atom. The fourth-order valence-electron chi connectivity index (χ4n) is 0.692. The lowest BCUT2D eigenvalue weighted by Gasteiger charge is -1.89. The molecule has 12 heavy (non-hydrogen) atoms. The molecule has 0 saturated heterocycles. The quantitative estimate of drug-likeness (QED) is 0.386. The molecular weight excluding hydrogens is 193 g/mol. The van der Waals surface area contributed by atoms with E-state index in [0.29, 0.717) is 17.5 Å². The van der Waals surface area contributed by atoms with Crippen molar-refractivity contribution in [2.75, 3.05) is 5.88 Å². The van der Waals surface area contributed by atoms with E-state index in [-0.39, 0.29) is 0 Å². The Balaban J connectivity index is 2.71. The number of hydrogen-bond acceptors (Lipinski definition) is 1. The largest absolute Gasteiger partial charge is 0.244 e. The predicted octanol–water partition coefficient (Wildman–Crippen LogP) is 2.72. The summed E-state index contributed by atoms with van der Waals surface area (Å²) in [5.74, 6) is 6.40. The fourth-order valence-corrected chi connectivity index (χ4v) is 0.960. The fraction of sp³-hybridized carbons (Fsp3) is 0.222. The number of hydrogen-bond donors (Lipinski definition) is 0. The van der Waals surface area contributed by atoms with Gasteiger partial charge in [0.1, 0.15) is 5.15 Å². The zero-order valence-electron chi connectivity index (χ0n) is 6.35. The van der Waals surface area contributed by atoms with Crippen molar-refractivity contribution >= 4 is 23.2 Å². The average molecular weight is 200 g/mol. The zero-order valence-corrected chi connectivity index (χ0v) is 7.86. The number of aromatic nitrogens is 1. The van der Waals surface area contributed by atoms with Crippen molar-refractivity contribution in [3.63, 3.8) is 0 Å². The van der Waals surface area contributed by atoms with Crippen molar-refractivity contribution in [2.45, 2.75) is 6.42 Å². The lowest BCUT2D eigenvalue weighted by atomic mass is 10.3. The molecule has 1 aromatic heterocycles. The standard InChI is InChI=1S/C9H7Cl2N/c10-5-2-1-3-8-4-6-12-9(11)7-8/h4,6-7H,2,5H2. The number of rotatable bonds is 1. The molecule has 1 nitrogen and oxygen atoms in total. The van der Waals surface area contributed by atoms with E-state index in [9.17, 15) is 0 Å². The van der Waals surface area contributed by atoms with Crippen LogP contribution in [0.25, 0.3) is 0 Å². The van der Waals surface area contributed by atoms with Gasteiger partial charge in [-0.15, -0.1) is 11.6 Å². The number of nitrogens with zero attached hydrogens (tertiary/aromatic N) is 1. The zero-order chi connectivity index (χ0) is 8.81. The smallest absolute Gasteiger partial charge is 0.130 e. The molecule has 0 amide bonds. The molecule has 0 bridgehead atoms. The van der Waals surface area contributed by atoms with Gasteiger partial charge in [-0.3, -0.25) is 0 Å². The van der Waals surface area contributed by atoms with Crippen molar-refractivity contribution in [3.05, 3.63) is 29.0 Å². The Kier molecular flexibility index (Phi) is 3.93. The van der Waals surface area contributed by atoms with E-state index in [1.54, 1.807) is 12.3 Å². The number of alkyl halides is 1. The second-order valence-electron chi connectivity index (χ2n) is 2.11. The van der Waals surface area contributed by atoms with E-state index in [0.717, 1.165) is 5.56 Å². The Labute approximate surface area is 81.7 Å². The average Bonchev–Trinajstić information content (AvgIpc) is 2.05. The van der Waals surface area contributed by atoms with Crippen LogP contribution in [0.3, 0.4) is 0 Å². The molecule has 0 fully saturated rings. The first-order valence-electron chi connectivity index (χ1n) is 3.49. The van der Waals surface area contributed by atoms with E-state index < -0.39 is 0 Å². The van der Waals surface area contributed by atoms with Gasteiger partial charge in [0.2, 0.25) is 0 Å². The molecule has 0 aliphatic carbocycles. The minimum atomic E-state index is 0.465. The number of halogens is 2. The molecule has 0 aliphatic heterocycles. The molecule has 0 spiro atoms. The molecule has 62 valence electrons. The first kappa shape index (κ1) is 9.38. The summed E-state index contributed by atoms with van der Waals surface area (Å²) < 4.78 is 0. The molecule has 1 heterocycles. The van der Waals surface area contributed by atoms with Crippen LogP contribution in [0.4, 0.5) is 0 Å². The molecule has 0 unspecified atom stereocenters. The van der Waals surface area contributed by atoms with Crippen molar-refractivity contribution < 1.29 is 0 Å². The van der Waals surface area contributed by atoms with E-state index >= 15 is 0 Å². The minimum absolute atomic E-state index is 0.465. The van der Waals surface area contributed by atoms with Crippen molar-refractivity contribution in [2.24, 2.45) is 0 Å². The normalized spacial score (nSPS) is 8.83. The topological polar surface area (TPSA) is 12.9 Å². The van der Waals surface area contributed by atoms with Crippen LogP contribution in [0.5, 0.6) is 0 Å². The first-order chi connectivity index (χ1) is 5.83. The molecule has 3 heteroatoms. The Morgan fingerprint density at radius 3 is 3.00 bits per heavy atom. The molecule has 0 aliphatic rings. The summed E-state index contributed by atoms with van der Waals surface area (Å²) in [6.45, 7) is 0. The summed E-state index contributed by atoms with van der Waals surface area (Å²) >= 11 is 11.1. The highest BCUT2D eigenvalue weighted by Gasteiger charge is 1.88. The van der Waals surface area contributed by atoms with Crippen molar-refractivity contribution in [1.82, 2.24) is 4.98 Å².